The van der Waals surface area contributed by atoms with Crippen molar-refractivity contribution in [1.29, 1.82) is 0 Å². The molecule has 1 rings (SSSR count). The van der Waals surface area contributed by atoms with Gasteiger partial charge in [0.25, 0.3) is 0 Å². The number of carboxylic acid groups (broad SMARTS) is 1. The number of hydrogen-bond donors (Lipinski definition) is 1. The summed E-state index contributed by atoms with van der Waals surface area (Å²) in [5, 5.41) is 9.03. The van der Waals surface area contributed by atoms with E-state index in [-0.39, 0.29) is 24.3 Å². The molecule has 0 heterocycles. The molecule has 106 valence electrons. The van der Waals surface area contributed by atoms with Crippen molar-refractivity contribution < 1.29 is 29.0 Å². The Balaban J connectivity index is 2.66. The van der Waals surface area contributed by atoms with E-state index in [0.29, 0.717) is 0 Å². The van der Waals surface area contributed by atoms with E-state index < -0.39 is 17.9 Å². The minimum atomic E-state index is -1.21. The number of aryl methyl sites for hydroxylation is 1. The SMILES string of the molecule is C=CC(=O)OCCOC(=O)c1ccc(C)cc1C(=O)O. The van der Waals surface area contributed by atoms with Crippen molar-refractivity contribution in [3.8, 4) is 0 Å². The van der Waals surface area contributed by atoms with Gasteiger partial charge in [-0.2, -0.15) is 0 Å². The standard InChI is InChI=1S/C14H14O6/c1-3-12(15)19-6-7-20-14(18)10-5-4-9(2)8-11(10)13(16)17/h3-5,8H,1,6-7H2,2H3,(H,16,17). The fourth-order valence-corrected chi connectivity index (χ4v) is 1.43. The smallest absolute Gasteiger partial charge is 0.339 e. The number of carboxylic acids is 1. The van der Waals surface area contributed by atoms with Crippen molar-refractivity contribution in [2.24, 2.45) is 0 Å². The molecule has 1 aromatic carbocycles. The molecule has 0 aliphatic carbocycles. The van der Waals surface area contributed by atoms with Crippen molar-refractivity contribution in [3.05, 3.63) is 47.5 Å². The van der Waals surface area contributed by atoms with Gasteiger partial charge in [0.15, 0.2) is 0 Å². The van der Waals surface area contributed by atoms with Gasteiger partial charge in [0.1, 0.15) is 13.2 Å². The summed E-state index contributed by atoms with van der Waals surface area (Å²) in [5.41, 5.74) is 0.551. The monoisotopic (exact) mass is 278 g/mol. The van der Waals surface area contributed by atoms with Gasteiger partial charge in [-0.25, -0.2) is 14.4 Å². The van der Waals surface area contributed by atoms with Gasteiger partial charge in [-0.3, -0.25) is 0 Å². The predicted octanol–water partition coefficient (Wildman–Crippen LogP) is 1.58. The Bertz CT molecular complexity index is 547. The normalized spacial score (nSPS) is 9.65. The maximum atomic E-state index is 11.7. The summed E-state index contributed by atoms with van der Waals surface area (Å²) >= 11 is 0. The van der Waals surface area contributed by atoms with Gasteiger partial charge in [0.2, 0.25) is 0 Å². The fraction of sp³-hybridized carbons (Fsp3) is 0.214. The Hall–Kier alpha value is -2.63. The third-order valence-corrected chi connectivity index (χ3v) is 2.35. The van der Waals surface area contributed by atoms with Crippen LogP contribution in [-0.4, -0.2) is 36.2 Å². The number of hydrogen-bond acceptors (Lipinski definition) is 5. The Kier molecular flexibility index (Phi) is 5.46. The van der Waals surface area contributed by atoms with Gasteiger partial charge in [-0.1, -0.05) is 18.2 Å². The average molecular weight is 278 g/mol. The second kappa shape index (κ2) is 7.08. The second-order valence-corrected chi connectivity index (χ2v) is 3.86. The molecular formula is C14H14O6. The number of rotatable bonds is 6. The van der Waals surface area contributed by atoms with Crippen LogP contribution in [0.3, 0.4) is 0 Å². The van der Waals surface area contributed by atoms with Crippen LogP contribution in [0.2, 0.25) is 0 Å². The molecule has 0 unspecified atom stereocenters. The molecule has 6 heteroatoms. The zero-order valence-electron chi connectivity index (χ0n) is 10.9. The Morgan fingerprint density at radius 3 is 2.45 bits per heavy atom. The molecule has 0 radical (unpaired) electrons. The summed E-state index contributed by atoms with van der Waals surface area (Å²) in [5.74, 6) is -2.61. The first-order valence-electron chi connectivity index (χ1n) is 5.76. The molecule has 0 saturated heterocycles. The number of aromatic carboxylic acids is 1. The molecular weight excluding hydrogens is 264 g/mol. The number of carbonyl (C=O) groups excluding carboxylic acids is 2. The molecule has 0 aliphatic rings. The number of ether oxygens (including phenoxy) is 2. The summed E-state index contributed by atoms with van der Waals surface area (Å²) in [4.78, 5) is 33.5. The first-order chi connectivity index (χ1) is 9.45. The van der Waals surface area contributed by atoms with E-state index in [4.69, 9.17) is 9.84 Å². The van der Waals surface area contributed by atoms with Crippen molar-refractivity contribution in [1.82, 2.24) is 0 Å². The third-order valence-electron chi connectivity index (χ3n) is 2.35. The zero-order chi connectivity index (χ0) is 15.1. The summed E-state index contributed by atoms with van der Waals surface area (Å²) in [6.07, 6.45) is 0.990. The minimum absolute atomic E-state index is 0.0434. The molecule has 20 heavy (non-hydrogen) atoms. The lowest BCUT2D eigenvalue weighted by Gasteiger charge is -2.08. The molecule has 0 aliphatic heterocycles. The third kappa shape index (κ3) is 4.24. The molecule has 0 aromatic heterocycles. The van der Waals surface area contributed by atoms with E-state index in [1.165, 1.54) is 12.1 Å². The van der Waals surface area contributed by atoms with Crippen LogP contribution in [0.4, 0.5) is 0 Å². The minimum Gasteiger partial charge on any atom is -0.478 e. The highest BCUT2D eigenvalue weighted by Gasteiger charge is 2.17. The maximum Gasteiger partial charge on any atom is 0.339 e. The van der Waals surface area contributed by atoms with E-state index in [1.54, 1.807) is 13.0 Å². The van der Waals surface area contributed by atoms with E-state index >= 15 is 0 Å². The molecule has 1 N–H and O–H groups in total. The van der Waals surface area contributed by atoms with Gasteiger partial charge in [0, 0.05) is 6.08 Å². The van der Waals surface area contributed by atoms with Crippen LogP contribution in [-0.2, 0) is 14.3 Å². The zero-order valence-corrected chi connectivity index (χ0v) is 10.9. The van der Waals surface area contributed by atoms with Crippen LogP contribution in [0, 0.1) is 6.92 Å². The lowest BCUT2D eigenvalue weighted by molar-refractivity contribution is -0.138. The highest BCUT2D eigenvalue weighted by Crippen LogP contribution is 2.13. The quantitative estimate of drug-likeness (QED) is 0.482. The molecule has 0 bridgehead atoms. The van der Waals surface area contributed by atoms with Crippen LogP contribution in [0.15, 0.2) is 30.9 Å². The van der Waals surface area contributed by atoms with Crippen LogP contribution in [0.25, 0.3) is 0 Å². The largest absolute Gasteiger partial charge is 0.478 e. The summed E-state index contributed by atoms with van der Waals surface area (Å²) < 4.78 is 9.46. The Morgan fingerprint density at radius 2 is 1.85 bits per heavy atom. The van der Waals surface area contributed by atoms with Gasteiger partial charge in [-0.05, 0) is 19.1 Å². The highest BCUT2D eigenvalue weighted by atomic mass is 16.6. The van der Waals surface area contributed by atoms with E-state index in [1.807, 2.05) is 0 Å². The van der Waals surface area contributed by atoms with E-state index in [0.717, 1.165) is 11.6 Å². The molecule has 0 atom stereocenters. The van der Waals surface area contributed by atoms with E-state index in [2.05, 4.69) is 11.3 Å². The summed E-state index contributed by atoms with van der Waals surface area (Å²) in [6.45, 7) is 4.65. The summed E-state index contributed by atoms with van der Waals surface area (Å²) in [7, 11) is 0. The first-order valence-corrected chi connectivity index (χ1v) is 5.76. The number of carbonyl (C=O) groups is 3. The first kappa shape index (κ1) is 15.4. The van der Waals surface area contributed by atoms with Gasteiger partial charge in [-0.15, -0.1) is 0 Å². The Labute approximate surface area is 115 Å². The van der Waals surface area contributed by atoms with Gasteiger partial charge >= 0.3 is 17.9 Å². The number of benzene rings is 1. The van der Waals surface area contributed by atoms with Crippen molar-refractivity contribution in [3.63, 3.8) is 0 Å². The molecule has 0 fully saturated rings. The molecule has 1 aromatic rings. The lowest BCUT2D eigenvalue weighted by Crippen LogP contribution is -2.15. The van der Waals surface area contributed by atoms with Crippen molar-refractivity contribution in [2.45, 2.75) is 6.92 Å². The van der Waals surface area contributed by atoms with Gasteiger partial charge in [0.05, 0.1) is 11.1 Å². The number of esters is 2. The van der Waals surface area contributed by atoms with Crippen LogP contribution >= 0.6 is 0 Å². The van der Waals surface area contributed by atoms with Crippen LogP contribution in [0.5, 0.6) is 0 Å². The Morgan fingerprint density at radius 1 is 1.20 bits per heavy atom. The fourth-order valence-electron chi connectivity index (χ4n) is 1.43. The lowest BCUT2D eigenvalue weighted by atomic mass is 10.0. The predicted molar refractivity (Wildman–Crippen MR) is 69.6 cm³/mol. The maximum absolute atomic E-state index is 11.7. The molecule has 0 saturated carbocycles. The molecule has 6 nitrogen and oxygen atoms in total. The topological polar surface area (TPSA) is 89.9 Å². The second-order valence-electron chi connectivity index (χ2n) is 3.86. The van der Waals surface area contributed by atoms with Crippen LogP contribution < -0.4 is 0 Å². The van der Waals surface area contributed by atoms with Crippen molar-refractivity contribution >= 4 is 17.9 Å². The van der Waals surface area contributed by atoms with Crippen molar-refractivity contribution in [2.75, 3.05) is 13.2 Å². The average Bonchev–Trinajstić information content (AvgIpc) is 2.42. The molecule has 0 spiro atoms. The summed E-state index contributed by atoms with van der Waals surface area (Å²) in [6, 6.07) is 4.38. The highest BCUT2D eigenvalue weighted by molar-refractivity contribution is 6.02. The van der Waals surface area contributed by atoms with Gasteiger partial charge < -0.3 is 14.6 Å². The van der Waals surface area contributed by atoms with E-state index in [9.17, 15) is 14.4 Å². The molecule has 0 amide bonds. The van der Waals surface area contributed by atoms with Crippen LogP contribution in [0.1, 0.15) is 26.3 Å².